The standard InChI is InChI=1S/C19H24N2O3/c22-12-19-6-2-5-16(18(19)23)10-21(11-19)9-14-3-1-4-15(7-14)17-8-20-13-24-17/h1,3-4,7-8,13,16,18,22-23H,2,5-6,9-12H2. The van der Waals surface area contributed by atoms with Crippen molar-refractivity contribution in [1.82, 2.24) is 9.88 Å². The molecule has 1 aliphatic carbocycles. The maximum absolute atomic E-state index is 10.6. The monoisotopic (exact) mass is 328 g/mol. The maximum atomic E-state index is 10.6. The number of likely N-dealkylation sites (tertiary alicyclic amines) is 1. The van der Waals surface area contributed by atoms with Crippen LogP contribution in [0.15, 0.2) is 41.3 Å². The predicted octanol–water partition coefficient (Wildman–Crippen LogP) is 2.30. The average molecular weight is 328 g/mol. The van der Waals surface area contributed by atoms with Gasteiger partial charge >= 0.3 is 0 Å². The van der Waals surface area contributed by atoms with Gasteiger partial charge in [0.15, 0.2) is 12.2 Å². The number of hydrogen-bond acceptors (Lipinski definition) is 5. The molecule has 1 aromatic carbocycles. The van der Waals surface area contributed by atoms with Crippen molar-refractivity contribution in [2.45, 2.75) is 31.9 Å². The Labute approximate surface area is 141 Å². The Balaban J connectivity index is 1.53. The normalized spacial score (nSPS) is 30.4. The molecule has 0 spiro atoms. The van der Waals surface area contributed by atoms with Crippen molar-refractivity contribution in [1.29, 1.82) is 0 Å². The van der Waals surface area contributed by atoms with Crippen LogP contribution < -0.4 is 0 Å². The van der Waals surface area contributed by atoms with Gasteiger partial charge in [-0.3, -0.25) is 4.90 Å². The molecule has 3 atom stereocenters. The minimum atomic E-state index is -0.368. The average Bonchev–Trinajstić information content (AvgIpc) is 3.11. The van der Waals surface area contributed by atoms with Crippen LogP contribution in [0.4, 0.5) is 0 Å². The van der Waals surface area contributed by atoms with Gasteiger partial charge in [0.25, 0.3) is 0 Å². The van der Waals surface area contributed by atoms with Crippen molar-refractivity contribution < 1.29 is 14.6 Å². The third-order valence-electron chi connectivity index (χ3n) is 5.72. The van der Waals surface area contributed by atoms with E-state index in [0.717, 1.165) is 50.2 Å². The van der Waals surface area contributed by atoms with Crippen LogP contribution in [-0.2, 0) is 6.54 Å². The fourth-order valence-electron chi connectivity index (χ4n) is 4.51. The number of aromatic nitrogens is 1. The van der Waals surface area contributed by atoms with Crippen LogP contribution in [-0.4, -0.2) is 45.9 Å². The van der Waals surface area contributed by atoms with Crippen molar-refractivity contribution >= 4 is 0 Å². The molecule has 128 valence electrons. The van der Waals surface area contributed by atoms with Crippen LogP contribution in [0.25, 0.3) is 11.3 Å². The Bertz CT molecular complexity index is 688. The molecule has 1 saturated heterocycles. The number of piperidine rings is 1. The van der Waals surface area contributed by atoms with E-state index in [1.807, 2.05) is 12.1 Å². The van der Waals surface area contributed by atoms with Gasteiger partial charge in [0.2, 0.25) is 0 Å². The minimum Gasteiger partial charge on any atom is -0.444 e. The molecule has 2 bridgehead atoms. The van der Waals surface area contributed by atoms with E-state index in [-0.39, 0.29) is 24.0 Å². The number of rotatable bonds is 4. The quantitative estimate of drug-likeness (QED) is 0.901. The smallest absolute Gasteiger partial charge is 0.181 e. The van der Waals surface area contributed by atoms with Crippen LogP contribution in [0.5, 0.6) is 0 Å². The third kappa shape index (κ3) is 2.77. The lowest BCUT2D eigenvalue weighted by molar-refractivity contribution is -0.136. The first kappa shape index (κ1) is 15.8. The van der Waals surface area contributed by atoms with Crippen LogP contribution in [0, 0.1) is 11.3 Å². The van der Waals surface area contributed by atoms with Crippen LogP contribution in [0.3, 0.4) is 0 Å². The van der Waals surface area contributed by atoms with Gasteiger partial charge in [0.05, 0.1) is 18.9 Å². The molecular weight excluding hydrogens is 304 g/mol. The van der Waals surface area contributed by atoms with Crippen molar-refractivity contribution in [2.24, 2.45) is 11.3 Å². The summed E-state index contributed by atoms with van der Waals surface area (Å²) in [4.78, 5) is 6.36. The van der Waals surface area contributed by atoms with Gasteiger partial charge in [-0.05, 0) is 30.4 Å². The molecule has 2 fully saturated rings. The molecule has 2 aromatic rings. The Hall–Kier alpha value is -1.69. The number of aliphatic hydroxyl groups excluding tert-OH is 2. The zero-order valence-corrected chi connectivity index (χ0v) is 13.8. The molecule has 5 nitrogen and oxygen atoms in total. The molecule has 4 rings (SSSR count). The van der Waals surface area contributed by atoms with E-state index in [2.05, 4.69) is 22.0 Å². The minimum absolute atomic E-state index is 0.0687. The van der Waals surface area contributed by atoms with Crippen molar-refractivity contribution in [3.8, 4) is 11.3 Å². The van der Waals surface area contributed by atoms with E-state index >= 15 is 0 Å². The lowest BCUT2D eigenvalue weighted by Gasteiger charge is -2.52. The topological polar surface area (TPSA) is 69.7 Å². The first-order chi connectivity index (χ1) is 11.7. The van der Waals surface area contributed by atoms with Crippen LogP contribution in [0.1, 0.15) is 24.8 Å². The first-order valence-corrected chi connectivity index (χ1v) is 8.69. The second kappa shape index (κ2) is 6.31. The van der Waals surface area contributed by atoms with Gasteiger partial charge < -0.3 is 14.6 Å². The predicted molar refractivity (Wildman–Crippen MR) is 90.1 cm³/mol. The van der Waals surface area contributed by atoms with E-state index in [1.165, 1.54) is 12.0 Å². The Morgan fingerprint density at radius 1 is 1.38 bits per heavy atom. The number of oxazole rings is 1. The zero-order valence-electron chi connectivity index (χ0n) is 13.8. The second-order valence-electron chi connectivity index (χ2n) is 7.35. The van der Waals surface area contributed by atoms with E-state index < -0.39 is 0 Å². The molecule has 24 heavy (non-hydrogen) atoms. The summed E-state index contributed by atoms with van der Waals surface area (Å²) in [7, 11) is 0. The summed E-state index contributed by atoms with van der Waals surface area (Å²) < 4.78 is 5.38. The third-order valence-corrected chi connectivity index (χ3v) is 5.72. The van der Waals surface area contributed by atoms with Crippen molar-refractivity contribution in [2.75, 3.05) is 19.7 Å². The second-order valence-corrected chi connectivity index (χ2v) is 7.35. The zero-order chi connectivity index (χ0) is 16.6. The number of nitrogens with zero attached hydrogens (tertiary/aromatic N) is 2. The van der Waals surface area contributed by atoms with Crippen molar-refractivity contribution in [3.05, 3.63) is 42.4 Å². The highest BCUT2D eigenvalue weighted by Gasteiger charge is 2.49. The molecule has 2 heterocycles. The lowest BCUT2D eigenvalue weighted by atomic mass is 9.64. The molecule has 5 heteroatoms. The first-order valence-electron chi connectivity index (χ1n) is 8.69. The lowest BCUT2D eigenvalue weighted by Crippen LogP contribution is -2.59. The van der Waals surface area contributed by atoms with Crippen LogP contribution >= 0.6 is 0 Å². The van der Waals surface area contributed by atoms with Crippen molar-refractivity contribution in [3.63, 3.8) is 0 Å². The summed E-state index contributed by atoms with van der Waals surface area (Å²) in [5.41, 5.74) is 1.90. The molecule has 0 radical (unpaired) electrons. The maximum Gasteiger partial charge on any atom is 0.181 e. The summed E-state index contributed by atoms with van der Waals surface area (Å²) in [5.74, 6) is 1.05. The molecule has 1 saturated carbocycles. The summed E-state index contributed by atoms with van der Waals surface area (Å²) in [5, 5.41) is 20.5. The van der Waals surface area contributed by atoms with Gasteiger partial charge in [-0.25, -0.2) is 4.98 Å². The Morgan fingerprint density at radius 2 is 2.29 bits per heavy atom. The van der Waals surface area contributed by atoms with E-state index in [9.17, 15) is 10.2 Å². The highest BCUT2D eigenvalue weighted by atomic mass is 16.3. The van der Waals surface area contributed by atoms with Gasteiger partial charge in [-0.1, -0.05) is 24.6 Å². The SMILES string of the molecule is OCC12CCCC(CN(Cc3cccc(-c4cnco4)c3)C1)C2O. The number of fused-ring (bicyclic) bond motifs is 2. The highest BCUT2D eigenvalue weighted by Crippen LogP contribution is 2.44. The fraction of sp³-hybridized carbons (Fsp3) is 0.526. The summed E-state index contributed by atoms with van der Waals surface area (Å²) in [6.45, 7) is 2.55. The molecule has 1 aromatic heterocycles. The fourth-order valence-corrected chi connectivity index (χ4v) is 4.51. The Morgan fingerprint density at radius 3 is 3.08 bits per heavy atom. The molecule has 2 aliphatic rings. The van der Waals surface area contributed by atoms with E-state index in [0.29, 0.717) is 0 Å². The summed E-state index contributed by atoms with van der Waals surface area (Å²) >= 11 is 0. The molecule has 2 N–H and O–H groups in total. The van der Waals surface area contributed by atoms with E-state index in [4.69, 9.17) is 4.42 Å². The molecular formula is C19H24N2O3. The van der Waals surface area contributed by atoms with Gasteiger partial charge in [-0.2, -0.15) is 0 Å². The largest absolute Gasteiger partial charge is 0.444 e. The molecule has 3 unspecified atom stereocenters. The van der Waals surface area contributed by atoms with Gasteiger partial charge in [-0.15, -0.1) is 0 Å². The number of hydrogen-bond donors (Lipinski definition) is 2. The summed E-state index contributed by atoms with van der Waals surface area (Å²) in [6, 6.07) is 8.31. The van der Waals surface area contributed by atoms with Crippen LogP contribution in [0.2, 0.25) is 0 Å². The Kier molecular flexibility index (Phi) is 4.16. The highest BCUT2D eigenvalue weighted by molar-refractivity contribution is 5.57. The van der Waals surface area contributed by atoms with Gasteiger partial charge in [0.1, 0.15) is 0 Å². The number of aliphatic hydroxyl groups is 2. The molecule has 1 aliphatic heterocycles. The number of benzene rings is 1. The molecule has 0 amide bonds. The van der Waals surface area contributed by atoms with E-state index in [1.54, 1.807) is 6.20 Å². The summed E-state index contributed by atoms with van der Waals surface area (Å²) in [6.07, 6.45) is 5.87. The van der Waals surface area contributed by atoms with Gasteiger partial charge in [0, 0.05) is 30.6 Å².